The maximum Gasteiger partial charge on any atom is 0.350 e. The molecule has 4 rings (SSSR count). The molecule has 2 fully saturated rings. The molecule has 412 valence electrons. The molecule has 0 aromatic heterocycles. The summed E-state index contributed by atoms with van der Waals surface area (Å²) in [4.78, 5) is 43.7. The zero-order valence-corrected chi connectivity index (χ0v) is 54.4. The Morgan fingerprint density at radius 1 is 0.583 bits per heavy atom. The zero-order valence-electron chi connectivity index (χ0n) is 51.4. The number of carbonyl (C=O) groups excluding carboxylic acids is 3. The first-order valence-electron chi connectivity index (χ1n) is 27.9. The average Bonchev–Trinajstić information content (AvgIpc) is 3.34. The number of ether oxygens (including phenoxy) is 3. The van der Waals surface area contributed by atoms with Crippen LogP contribution in [-0.4, -0.2) is 114 Å². The van der Waals surface area contributed by atoms with Crippen LogP contribution in [0.1, 0.15) is 71.7 Å². The van der Waals surface area contributed by atoms with Crippen molar-refractivity contribution in [3.63, 3.8) is 0 Å². The van der Waals surface area contributed by atoms with Crippen molar-refractivity contribution in [1.82, 2.24) is 0 Å². The van der Waals surface area contributed by atoms with E-state index in [-0.39, 0.29) is 17.9 Å². The van der Waals surface area contributed by atoms with Crippen molar-refractivity contribution in [1.29, 1.82) is 0 Å². The molecule has 2 aromatic carbocycles. The first-order valence-corrected chi connectivity index (χ1v) is 46.2. The Balaban J connectivity index is 0. The molecule has 0 radical (unpaired) electrons. The molecule has 0 saturated carbocycles. The van der Waals surface area contributed by atoms with Crippen LogP contribution in [0.15, 0.2) is 97.1 Å². The summed E-state index contributed by atoms with van der Waals surface area (Å²) in [5.41, 5.74) is 1.23. The Bertz CT molecular complexity index is 1980. The fourth-order valence-electron chi connectivity index (χ4n) is 8.05. The second-order valence-electron chi connectivity index (χ2n) is 22.4. The van der Waals surface area contributed by atoms with Crippen LogP contribution in [0.4, 0.5) is 0 Å². The minimum atomic E-state index is -2.84. The SMILES string of the molecule is C=C(C)C(=O)OCCC[Si](C)(C)O.C=C(C)C(=O)OCCC[Si](C)(C)O[Si](C)(C)O[Si](C)(O[Si](C)(C)CCCOC(=O)C(=C)C)c1ccccc1.C[Si]1(C)CCCCO1.C[Si]1(c2ccccc2)CCCCO1.[2H][2H].[2H][2H]. The number of carbonyl (C=O) groups is 3. The Morgan fingerprint density at radius 2 is 0.986 bits per heavy atom. The van der Waals surface area contributed by atoms with Gasteiger partial charge in [0.15, 0.2) is 33.3 Å². The van der Waals surface area contributed by atoms with E-state index in [0.717, 1.165) is 55.8 Å². The molecule has 2 heterocycles. The first kappa shape index (κ1) is 63.6. The third-order valence-electron chi connectivity index (χ3n) is 11.8. The molecule has 0 spiro atoms. The van der Waals surface area contributed by atoms with E-state index in [2.05, 4.69) is 128 Å². The summed E-state index contributed by atoms with van der Waals surface area (Å²) in [5.74, 6) is -1.06. The van der Waals surface area contributed by atoms with Gasteiger partial charge in [-0.3, -0.25) is 0 Å². The minimum Gasteiger partial charge on any atom is -0.462 e. The Hall–Kier alpha value is -2.65. The topological polar surface area (TPSA) is 145 Å². The molecular weight excluding hydrogens is 1030 g/mol. The maximum absolute atomic E-state index is 11.7. The molecule has 2 aliphatic rings. The smallest absolute Gasteiger partial charge is 0.350 e. The third-order valence-corrected chi connectivity index (χ3v) is 35.6. The van der Waals surface area contributed by atoms with Gasteiger partial charge in [-0.2, -0.15) is 0 Å². The van der Waals surface area contributed by atoms with Crippen LogP contribution in [0.2, 0.25) is 109 Å². The summed E-state index contributed by atoms with van der Waals surface area (Å²) >= 11 is 0. The van der Waals surface area contributed by atoms with Gasteiger partial charge >= 0.3 is 35.0 Å². The number of hydrogen-bond donors (Lipinski definition) is 1. The highest BCUT2D eigenvalue weighted by Gasteiger charge is 2.47. The van der Waals surface area contributed by atoms with E-state index < -0.39 is 58.7 Å². The molecule has 0 aliphatic carbocycles. The number of hydrogen-bond acceptors (Lipinski definition) is 12. The summed E-state index contributed by atoms with van der Waals surface area (Å²) in [6.07, 6.45) is 7.48. The van der Waals surface area contributed by atoms with Gasteiger partial charge in [-0.25, -0.2) is 14.4 Å². The summed E-state index contributed by atoms with van der Waals surface area (Å²) in [7, 11) is -14.3. The van der Waals surface area contributed by atoms with Gasteiger partial charge in [0.05, 0.1) is 19.8 Å². The lowest BCUT2D eigenvalue weighted by atomic mass is 10.3. The van der Waals surface area contributed by atoms with Gasteiger partial charge in [-0.05, 0) is 172 Å². The number of esters is 3. The highest BCUT2D eigenvalue weighted by atomic mass is 28.5. The second kappa shape index (κ2) is 32.1. The van der Waals surface area contributed by atoms with Gasteiger partial charge in [-0.1, -0.05) is 93.2 Å². The van der Waals surface area contributed by atoms with Gasteiger partial charge < -0.3 is 40.2 Å². The normalized spacial score (nSPS) is 17.8. The summed E-state index contributed by atoms with van der Waals surface area (Å²) < 4.78 is 67.7. The van der Waals surface area contributed by atoms with Crippen molar-refractivity contribution in [3.8, 4) is 0 Å². The molecule has 0 amide bonds. The van der Waals surface area contributed by atoms with Crippen LogP contribution in [0.25, 0.3) is 0 Å². The van der Waals surface area contributed by atoms with Crippen LogP contribution in [0, 0.1) is 0 Å². The van der Waals surface area contributed by atoms with Crippen molar-refractivity contribution >= 4 is 87.0 Å². The lowest BCUT2D eigenvalue weighted by Gasteiger charge is -2.42. The van der Waals surface area contributed by atoms with Gasteiger partial charge in [0.1, 0.15) is 0 Å². The summed E-state index contributed by atoms with van der Waals surface area (Å²) in [5, 5.41) is 2.53. The van der Waals surface area contributed by atoms with Gasteiger partial charge in [0.25, 0.3) is 0 Å². The van der Waals surface area contributed by atoms with Gasteiger partial charge in [-0.15, -0.1) is 0 Å². The fraction of sp³-hybridized carbons (Fsp3) is 0.604. The van der Waals surface area contributed by atoms with Crippen LogP contribution in [0.3, 0.4) is 0 Å². The van der Waals surface area contributed by atoms with E-state index in [1.54, 1.807) is 20.8 Å². The van der Waals surface area contributed by atoms with E-state index in [1.807, 2.05) is 31.3 Å². The Morgan fingerprint density at radius 3 is 1.35 bits per heavy atom. The van der Waals surface area contributed by atoms with Crippen LogP contribution in [-0.2, 0) is 49.8 Å². The lowest BCUT2D eigenvalue weighted by Crippen LogP contribution is -2.63. The van der Waals surface area contributed by atoms with Gasteiger partial charge in [0, 0.05) is 35.9 Å². The molecule has 2 unspecified atom stereocenters. The van der Waals surface area contributed by atoms with Crippen molar-refractivity contribution in [3.05, 3.63) is 97.1 Å². The van der Waals surface area contributed by atoms with Crippen LogP contribution < -0.4 is 10.4 Å². The van der Waals surface area contributed by atoms with E-state index in [1.165, 1.54) is 43.0 Å². The third kappa shape index (κ3) is 30.0. The highest BCUT2D eigenvalue weighted by Crippen LogP contribution is 2.28. The molecule has 0 bridgehead atoms. The number of benzene rings is 2. The molecule has 2 atom stereocenters. The first-order chi connectivity index (χ1) is 35.2. The summed E-state index contributed by atoms with van der Waals surface area (Å²) in [6, 6.07) is 26.0. The second-order valence-corrected chi connectivity index (χ2v) is 50.4. The predicted molar refractivity (Wildman–Crippen MR) is 318 cm³/mol. The van der Waals surface area contributed by atoms with E-state index in [0.29, 0.717) is 36.5 Å². The van der Waals surface area contributed by atoms with Crippen LogP contribution >= 0.6 is 0 Å². The largest absolute Gasteiger partial charge is 0.462 e. The Labute approximate surface area is 450 Å². The molecule has 12 nitrogen and oxygen atoms in total. The summed E-state index contributed by atoms with van der Waals surface area (Å²) in [6.45, 7) is 44.4. The van der Waals surface area contributed by atoms with Crippen molar-refractivity contribution < 1.29 is 60.5 Å². The van der Waals surface area contributed by atoms with Crippen molar-refractivity contribution in [2.45, 2.75) is 175 Å². The monoisotopic (exact) mass is 1130 g/mol. The fourth-order valence-corrected chi connectivity index (χ4v) is 32.9. The molecule has 1 N–H and O–H groups in total. The van der Waals surface area contributed by atoms with Gasteiger partial charge in [0.2, 0.25) is 8.32 Å². The molecule has 72 heavy (non-hydrogen) atoms. The van der Waals surface area contributed by atoms with Crippen LogP contribution in [0.5, 0.6) is 0 Å². The predicted octanol–water partition coefficient (Wildman–Crippen LogP) is 12.6. The standard InChI is InChI=1S/C27H48O7Si4.C11H16OSi.C9H18O3Si.C6H14OSi.2H2/c1-23(2)26(28)30-19-15-21-35(5,6)32-37(9,10)34-38(11,25-17-13-12-14-18-25)33-36(7,8)22-16-20-31-27(29)24(3)4;1-13(10-6-5-9-12-13)11-7-3-2-4-8-11;1-8(2)9(10)12-6-5-7-13(3,4)11;1-8(2)6-4-3-5-7-8;;/h12-14,17-18H,1,3,15-16,19-22H2,2,4-11H3;2-4,7-8H,5-6,9-10H2,1H3;11H,1,5-7H2,2-4H3;3-6H2,1-2H3;2*1H/i;;;;2*1+1D. The quantitative estimate of drug-likeness (QED) is 0.0372. The van der Waals surface area contributed by atoms with Crippen molar-refractivity contribution in [2.75, 3.05) is 33.0 Å². The highest BCUT2D eigenvalue weighted by molar-refractivity contribution is 6.95. The lowest BCUT2D eigenvalue weighted by molar-refractivity contribution is -0.139. The van der Waals surface area contributed by atoms with E-state index in [4.69, 9.17) is 41.3 Å². The molecule has 2 aromatic rings. The molecular formula is C53H100O12Si7. The Kier molecular flexibility index (Phi) is 28.3. The maximum atomic E-state index is 11.7. The average molecular weight is 1130 g/mol. The zero-order chi connectivity index (χ0) is 58.9. The number of rotatable bonds is 23. The molecule has 2 aliphatic heterocycles. The minimum absolute atomic E-state index is 0.348. The van der Waals surface area contributed by atoms with Crippen molar-refractivity contribution in [2.24, 2.45) is 0 Å². The van der Waals surface area contributed by atoms with E-state index in [9.17, 15) is 19.2 Å². The van der Waals surface area contributed by atoms with E-state index >= 15 is 0 Å². The molecule has 2 saturated heterocycles. The molecule has 19 heteroatoms.